The Bertz CT molecular complexity index is 610. The quantitative estimate of drug-likeness (QED) is 0.141. The van der Waals surface area contributed by atoms with Crippen molar-refractivity contribution in [2.24, 2.45) is 0 Å². The SMILES string of the molecule is CC=C(C)C.CCCCCCCCOC(=O)c1ccccc1C(=O)OCCCCCCCC. The van der Waals surface area contributed by atoms with Gasteiger partial charge in [0.15, 0.2) is 0 Å². The lowest BCUT2D eigenvalue weighted by Crippen LogP contribution is -2.15. The smallest absolute Gasteiger partial charge is 0.339 e. The first-order valence-electron chi connectivity index (χ1n) is 13.0. The number of hydrogen-bond donors (Lipinski definition) is 0. The fraction of sp³-hybridized carbons (Fsp3) is 0.655. The summed E-state index contributed by atoms with van der Waals surface area (Å²) in [7, 11) is 0. The Morgan fingerprint density at radius 1 is 0.667 bits per heavy atom. The maximum Gasteiger partial charge on any atom is 0.339 e. The van der Waals surface area contributed by atoms with Crippen molar-refractivity contribution in [1.29, 1.82) is 0 Å². The number of ether oxygens (including phenoxy) is 2. The molecule has 1 rings (SSSR count). The first-order chi connectivity index (χ1) is 16.0. The minimum absolute atomic E-state index is 0.293. The third kappa shape index (κ3) is 17.1. The molecule has 33 heavy (non-hydrogen) atoms. The van der Waals surface area contributed by atoms with Crippen LogP contribution in [-0.2, 0) is 9.47 Å². The van der Waals surface area contributed by atoms with Crippen LogP contribution < -0.4 is 0 Å². The normalized spacial score (nSPS) is 10.1. The lowest BCUT2D eigenvalue weighted by Gasteiger charge is -2.10. The molecule has 0 N–H and O–H groups in total. The van der Waals surface area contributed by atoms with Crippen LogP contribution in [0, 0.1) is 0 Å². The van der Waals surface area contributed by atoms with Crippen molar-refractivity contribution in [3.05, 3.63) is 47.0 Å². The highest BCUT2D eigenvalue weighted by atomic mass is 16.5. The van der Waals surface area contributed by atoms with Crippen molar-refractivity contribution in [1.82, 2.24) is 0 Å². The van der Waals surface area contributed by atoms with E-state index in [0.717, 1.165) is 25.7 Å². The minimum Gasteiger partial charge on any atom is -0.462 e. The van der Waals surface area contributed by atoms with Crippen molar-refractivity contribution in [2.75, 3.05) is 13.2 Å². The molecule has 0 fully saturated rings. The molecule has 0 heterocycles. The predicted octanol–water partition coefficient (Wildman–Crippen LogP) is 8.69. The molecule has 4 nitrogen and oxygen atoms in total. The van der Waals surface area contributed by atoms with Crippen molar-refractivity contribution >= 4 is 11.9 Å². The summed E-state index contributed by atoms with van der Waals surface area (Å²) in [6.45, 7) is 11.4. The van der Waals surface area contributed by atoms with Gasteiger partial charge in [-0.15, -0.1) is 0 Å². The van der Waals surface area contributed by atoms with Crippen LogP contribution in [0.4, 0.5) is 0 Å². The van der Waals surface area contributed by atoms with E-state index in [2.05, 4.69) is 33.8 Å². The number of allylic oxidation sites excluding steroid dienone is 2. The fourth-order valence-electron chi connectivity index (χ4n) is 3.09. The number of esters is 2. The topological polar surface area (TPSA) is 52.6 Å². The zero-order valence-electron chi connectivity index (χ0n) is 21.9. The molecule has 1 aromatic rings. The largest absolute Gasteiger partial charge is 0.462 e. The van der Waals surface area contributed by atoms with Crippen molar-refractivity contribution in [3.8, 4) is 0 Å². The summed E-state index contributed by atoms with van der Waals surface area (Å²) >= 11 is 0. The lowest BCUT2D eigenvalue weighted by atomic mass is 10.1. The Hall–Kier alpha value is -2.10. The Morgan fingerprint density at radius 3 is 1.33 bits per heavy atom. The van der Waals surface area contributed by atoms with Gasteiger partial charge < -0.3 is 9.47 Å². The van der Waals surface area contributed by atoms with Gasteiger partial charge in [-0.05, 0) is 45.7 Å². The van der Waals surface area contributed by atoms with Crippen LogP contribution in [0.3, 0.4) is 0 Å². The molecule has 0 aliphatic carbocycles. The van der Waals surface area contributed by atoms with Crippen LogP contribution in [0.15, 0.2) is 35.9 Å². The fourth-order valence-corrected chi connectivity index (χ4v) is 3.09. The van der Waals surface area contributed by atoms with Crippen molar-refractivity contribution in [3.63, 3.8) is 0 Å². The third-order valence-electron chi connectivity index (χ3n) is 5.41. The van der Waals surface area contributed by atoms with Crippen LogP contribution in [0.25, 0.3) is 0 Å². The summed E-state index contributed by atoms with van der Waals surface area (Å²) in [5.41, 5.74) is 1.97. The lowest BCUT2D eigenvalue weighted by molar-refractivity contribution is 0.0450. The minimum atomic E-state index is -0.444. The molecule has 4 heteroatoms. The van der Waals surface area contributed by atoms with Gasteiger partial charge in [-0.25, -0.2) is 9.59 Å². The van der Waals surface area contributed by atoms with E-state index >= 15 is 0 Å². The van der Waals surface area contributed by atoms with E-state index in [0.29, 0.717) is 24.3 Å². The molecule has 0 spiro atoms. The summed E-state index contributed by atoms with van der Waals surface area (Å²) < 4.78 is 10.7. The Morgan fingerprint density at radius 2 is 1.00 bits per heavy atom. The van der Waals surface area contributed by atoms with Gasteiger partial charge in [0.1, 0.15) is 0 Å². The second kappa shape index (κ2) is 21.7. The van der Waals surface area contributed by atoms with Gasteiger partial charge in [0.25, 0.3) is 0 Å². The maximum absolute atomic E-state index is 12.4. The molecule has 0 amide bonds. The monoisotopic (exact) mass is 460 g/mol. The molecule has 0 saturated heterocycles. The van der Waals surface area contributed by atoms with Gasteiger partial charge >= 0.3 is 11.9 Å². The first-order valence-corrected chi connectivity index (χ1v) is 13.0. The number of rotatable bonds is 16. The molecule has 0 radical (unpaired) electrons. The molecule has 0 atom stereocenters. The van der Waals surface area contributed by atoms with Gasteiger partial charge in [0.2, 0.25) is 0 Å². The Balaban J connectivity index is 0.00000184. The number of unbranched alkanes of at least 4 members (excludes halogenated alkanes) is 10. The van der Waals surface area contributed by atoms with Crippen LogP contribution in [0.2, 0.25) is 0 Å². The number of carbonyl (C=O) groups excluding carboxylic acids is 2. The van der Waals surface area contributed by atoms with Gasteiger partial charge in [-0.2, -0.15) is 0 Å². The highest BCUT2D eigenvalue weighted by Crippen LogP contribution is 2.14. The molecule has 188 valence electrons. The van der Waals surface area contributed by atoms with Crippen LogP contribution in [-0.4, -0.2) is 25.2 Å². The zero-order valence-corrected chi connectivity index (χ0v) is 21.9. The van der Waals surface area contributed by atoms with E-state index in [1.54, 1.807) is 24.3 Å². The highest BCUT2D eigenvalue weighted by Gasteiger charge is 2.18. The third-order valence-corrected chi connectivity index (χ3v) is 5.41. The summed E-state index contributed by atoms with van der Waals surface area (Å²) in [6, 6.07) is 6.74. The van der Waals surface area contributed by atoms with E-state index in [4.69, 9.17) is 9.47 Å². The van der Waals surface area contributed by atoms with Crippen LogP contribution in [0.1, 0.15) is 132 Å². The summed E-state index contributed by atoms with van der Waals surface area (Å²) in [4.78, 5) is 24.7. The van der Waals surface area contributed by atoms with E-state index in [-0.39, 0.29) is 0 Å². The van der Waals surface area contributed by atoms with Gasteiger partial charge in [-0.3, -0.25) is 0 Å². The molecular formula is C29H48O4. The molecule has 0 unspecified atom stereocenters. The summed E-state index contributed by atoms with van der Waals surface area (Å²) in [5.74, 6) is -0.888. The Labute approximate surface area is 203 Å². The molecule has 0 aliphatic rings. The van der Waals surface area contributed by atoms with E-state index in [1.807, 2.05) is 6.92 Å². The average molecular weight is 461 g/mol. The van der Waals surface area contributed by atoms with E-state index in [9.17, 15) is 9.59 Å². The van der Waals surface area contributed by atoms with Gasteiger partial charge in [0.05, 0.1) is 24.3 Å². The molecule has 0 saturated carbocycles. The summed E-state index contributed by atoms with van der Waals surface area (Å²) in [6.07, 6.45) is 15.7. The van der Waals surface area contributed by atoms with Crippen LogP contribution >= 0.6 is 0 Å². The van der Waals surface area contributed by atoms with E-state index in [1.165, 1.54) is 56.9 Å². The number of carbonyl (C=O) groups is 2. The van der Waals surface area contributed by atoms with Gasteiger partial charge in [0, 0.05) is 0 Å². The maximum atomic E-state index is 12.4. The van der Waals surface area contributed by atoms with Gasteiger partial charge in [-0.1, -0.05) is 102 Å². The number of hydrogen-bond acceptors (Lipinski definition) is 4. The molecule has 0 aliphatic heterocycles. The molecule has 0 aromatic heterocycles. The first kappa shape index (κ1) is 30.9. The average Bonchev–Trinajstić information content (AvgIpc) is 2.83. The summed E-state index contributed by atoms with van der Waals surface area (Å²) in [5, 5.41) is 0. The highest BCUT2D eigenvalue weighted by molar-refractivity contribution is 6.03. The van der Waals surface area contributed by atoms with Crippen LogP contribution in [0.5, 0.6) is 0 Å². The second-order valence-electron chi connectivity index (χ2n) is 8.72. The zero-order chi connectivity index (χ0) is 24.7. The molecule has 0 bridgehead atoms. The Kier molecular flexibility index (Phi) is 20.3. The predicted molar refractivity (Wildman–Crippen MR) is 139 cm³/mol. The number of benzene rings is 1. The standard InChI is InChI=1S/C24H38O4.C5H10/c1-3-5-7-9-11-15-19-27-23(25)21-17-13-14-18-22(21)24(26)28-20-16-12-10-8-6-4-2;1-4-5(2)3/h13-14,17-18H,3-12,15-16,19-20H2,1-2H3;4H,1-3H3. The van der Waals surface area contributed by atoms with Crippen molar-refractivity contribution in [2.45, 2.75) is 112 Å². The molecular weight excluding hydrogens is 412 g/mol. The molecule has 1 aromatic carbocycles. The van der Waals surface area contributed by atoms with Crippen molar-refractivity contribution < 1.29 is 19.1 Å². The van der Waals surface area contributed by atoms with E-state index < -0.39 is 11.9 Å². The second-order valence-corrected chi connectivity index (χ2v) is 8.72.